The summed E-state index contributed by atoms with van der Waals surface area (Å²) in [4.78, 5) is 12.4. The first-order valence-electron chi connectivity index (χ1n) is 8.08. The van der Waals surface area contributed by atoms with Gasteiger partial charge in [-0.2, -0.15) is 22.7 Å². The molecular formula is C18H12F7N3O. The van der Waals surface area contributed by atoms with Crippen LogP contribution in [0.15, 0.2) is 36.4 Å². The zero-order chi connectivity index (χ0) is 21.6. The largest absolute Gasteiger partial charge is 0.436 e. The van der Waals surface area contributed by atoms with Gasteiger partial charge in [-0.15, -0.1) is 0 Å². The Balaban J connectivity index is 2.00. The molecule has 0 saturated heterocycles. The van der Waals surface area contributed by atoms with Crippen LogP contribution < -0.4 is 5.32 Å². The number of aryl methyl sites for hydroxylation is 1. The van der Waals surface area contributed by atoms with Crippen LogP contribution >= 0.6 is 0 Å². The van der Waals surface area contributed by atoms with Gasteiger partial charge in [-0.3, -0.25) is 4.79 Å². The maximum Gasteiger partial charge on any atom is 0.436 e. The topological polar surface area (TPSA) is 46.9 Å². The number of hydrogen-bond donors (Lipinski definition) is 1. The fraction of sp³-hybridized carbons (Fsp3) is 0.222. The summed E-state index contributed by atoms with van der Waals surface area (Å²) in [5.74, 6) is -8.59. The average Bonchev–Trinajstić information content (AvgIpc) is 2.93. The van der Waals surface area contributed by atoms with Crippen molar-refractivity contribution >= 4 is 11.5 Å². The molecule has 1 heterocycles. The van der Waals surface area contributed by atoms with Crippen LogP contribution in [-0.4, -0.2) is 21.5 Å². The lowest BCUT2D eigenvalue weighted by Gasteiger charge is -2.30. The molecule has 1 amide bonds. The Morgan fingerprint density at radius 3 is 2.52 bits per heavy atom. The van der Waals surface area contributed by atoms with E-state index < -0.39 is 53.1 Å². The van der Waals surface area contributed by atoms with Gasteiger partial charge in [-0.05, 0) is 17.7 Å². The van der Waals surface area contributed by atoms with Crippen LogP contribution in [0.3, 0.4) is 0 Å². The lowest BCUT2D eigenvalue weighted by Crippen LogP contribution is -2.46. The number of aromatic nitrogens is 2. The van der Waals surface area contributed by atoms with Crippen molar-refractivity contribution in [2.45, 2.75) is 18.4 Å². The first-order valence-corrected chi connectivity index (χ1v) is 8.08. The van der Waals surface area contributed by atoms with Crippen LogP contribution in [0, 0.1) is 17.6 Å². The summed E-state index contributed by atoms with van der Waals surface area (Å²) in [7, 11) is 0.850. The molecule has 1 N–H and O–H groups in total. The molecule has 0 spiro atoms. The highest BCUT2D eigenvalue weighted by atomic mass is 19.4. The summed E-state index contributed by atoms with van der Waals surface area (Å²) in [5, 5.41) is 4.66. The Morgan fingerprint density at radius 2 is 1.90 bits per heavy atom. The first kappa shape index (κ1) is 20.6. The molecule has 3 rings (SSSR count). The molecule has 0 aliphatic heterocycles. The summed E-state index contributed by atoms with van der Waals surface area (Å²) in [6.45, 7) is 0. The van der Waals surface area contributed by atoms with Crippen LogP contribution in [0.4, 0.5) is 30.7 Å². The Hall–Kier alpha value is -3.11. The van der Waals surface area contributed by atoms with E-state index in [-0.39, 0.29) is 15.8 Å². The third-order valence-corrected chi connectivity index (χ3v) is 4.24. The van der Waals surface area contributed by atoms with Crippen molar-refractivity contribution in [2.75, 3.05) is 0 Å². The zero-order valence-corrected chi connectivity index (χ0v) is 14.6. The second-order valence-corrected chi connectivity index (χ2v) is 6.23. The van der Waals surface area contributed by atoms with Crippen LogP contribution in [0.2, 0.25) is 0 Å². The third-order valence-electron chi connectivity index (χ3n) is 4.24. The molecule has 0 fully saturated rings. The second kappa shape index (κ2) is 7.05. The van der Waals surface area contributed by atoms with E-state index in [1.807, 2.05) is 0 Å². The molecule has 1 atom stereocenters. The van der Waals surface area contributed by atoms with E-state index in [0.717, 1.165) is 25.3 Å². The molecule has 0 bridgehead atoms. The summed E-state index contributed by atoms with van der Waals surface area (Å²) in [5.41, 5.74) is -3.79. The number of nitrogens with one attached hydrogen (secondary N) is 1. The van der Waals surface area contributed by atoms with Crippen molar-refractivity contribution in [3.8, 4) is 0 Å². The van der Waals surface area contributed by atoms with Gasteiger partial charge in [0.25, 0.3) is 5.91 Å². The number of carbonyl (C=O) groups is 1. The lowest BCUT2D eigenvalue weighted by atomic mass is 9.89. The molecule has 11 heteroatoms. The SMILES string of the molecule is Cn1nc(C(F)(F)F)c(C(=O)NC2(F)CC=CC=C2c2ccc(F)c(F)c2)c1F. The maximum atomic E-state index is 15.6. The monoisotopic (exact) mass is 419 g/mol. The molecule has 1 aromatic carbocycles. The molecule has 1 unspecified atom stereocenters. The number of rotatable bonds is 3. The van der Waals surface area contributed by atoms with Gasteiger partial charge in [0.2, 0.25) is 11.7 Å². The van der Waals surface area contributed by atoms with Gasteiger partial charge >= 0.3 is 6.18 Å². The molecule has 154 valence electrons. The summed E-state index contributed by atoms with van der Waals surface area (Å²) < 4.78 is 95.8. The van der Waals surface area contributed by atoms with E-state index in [1.54, 1.807) is 5.32 Å². The number of halogens is 7. The first-order chi connectivity index (χ1) is 13.4. The number of amides is 1. The molecule has 4 nitrogen and oxygen atoms in total. The maximum absolute atomic E-state index is 15.6. The smallest absolute Gasteiger partial charge is 0.316 e. The molecule has 1 aliphatic carbocycles. The van der Waals surface area contributed by atoms with E-state index in [9.17, 15) is 31.1 Å². The minimum atomic E-state index is -5.16. The molecule has 0 saturated carbocycles. The van der Waals surface area contributed by atoms with Crippen LogP contribution in [0.5, 0.6) is 0 Å². The van der Waals surface area contributed by atoms with Gasteiger partial charge < -0.3 is 5.32 Å². The van der Waals surface area contributed by atoms with E-state index in [1.165, 1.54) is 12.2 Å². The van der Waals surface area contributed by atoms with Crippen LogP contribution in [0.1, 0.15) is 28.0 Å². The van der Waals surface area contributed by atoms with Crippen molar-refractivity contribution in [3.05, 3.63) is 70.8 Å². The fourth-order valence-electron chi connectivity index (χ4n) is 2.89. The zero-order valence-electron chi connectivity index (χ0n) is 14.6. The molecule has 0 radical (unpaired) electrons. The number of nitrogens with zero attached hydrogens (tertiary/aromatic N) is 2. The fourth-order valence-corrected chi connectivity index (χ4v) is 2.89. The molecule has 2 aromatic rings. The average molecular weight is 419 g/mol. The van der Waals surface area contributed by atoms with Gasteiger partial charge in [0, 0.05) is 19.0 Å². The predicted octanol–water partition coefficient (Wildman–Crippen LogP) is 4.30. The quantitative estimate of drug-likeness (QED) is 0.596. The number of allylic oxidation sites excluding steroid dienone is 2. The van der Waals surface area contributed by atoms with Crippen molar-refractivity contribution < 1.29 is 35.5 Å². The van der Waals surface area contributed by atoms with E-state index in [2.05, 4.69) is 5.10 Å². The highest BCUT2D eigenvalue weighted by molar-refractivity contribution is 5.97. The van der Waals surface area contributed by atoms with Gasteiger partial charge in [0.05, 0.1) is 0 Å². The Kier molecular flexibility index (Phi) is 5.01. The third kappa shape index (κ3) is 3.76. The molecule has 1 aliphatic rings. The van der Waals surface area contributed by atoms with E-state index in [4.69, 9.17) is 0 Å². The van der Waals surface area contributed by atoms with Crippen molar-refractivity contribution in [1.29, 1.82) is 0 Å². The minimum absolute atomic E-state index is 0.154. The van der Waals surface area contributed by atoms with E-state index in [0.29, 0.717) is 6.07 Å². The predicted molar refractivity (Wildman–Crippen MR) is 87.6 cm³/mol. The number of benzene rings is 1. The van der Waals surface area contributed by atoms with Gasteiger partial charge in [0.1, 0.15) is 5.56 Å². The van der Waals surface area contributed by atoms with E-state index >= 15 is 4.39 Å². The number of carbonyl (C=O) groups excluding carboxylic acids is 1. The van der Waals surface area contributed by atoms with Gasteiger partial charge in [-0.25, -0.2) is 17.9 Å². The highest BCUT2D eigenvalue weighted by Gasteiger charge is 2.44. The number of alkyl halides is 4. The van der Waals surface area contributed by atoms with Crippen LogP contribution in [-0.2, 0) is 13.2 Å². The highest BCUT2D eigenvalue weighted by Crippen LogP contribution is 2.37. The Morgan fingerprint density at radius 1 is 1.21 bits per heavy atom. The summed E-state index contributed by atoms with van der Waals surface area (Å²) >= 11 is 0. The van der Waals surface area contributed by atoms with Gasteiger partial charge in [0.15, 0.2) is 17.3 Å². The minimum Gasteiger partial charge on any atom is -0.316 e. The normalized spacial score (nSPS) is 19.2. The molecular weight excluding hydrogens is 407 g/mol. The van der Waals surface area contributed by atoms with Gasteiger partial charge in [-0.1, -0.05) is 24.3 Å². The van der Waals surface area contributed by atoms with Crippen molar-refractivity contribution in [2.24, 2.45) is 7.05 Å². The van der Waals surface area contributed by atoms with Crippen molar-refractivity contribution in [3.63, 3.8) is 0 Å². The lowest BCUT2D eigenvalue weighted by molar-refractivity contribution is -0.141. The second-order valence-electron chi connectivity index (χ2n) is 6.23. The summed E-state index contributed by atoms with van der Waals surface area (Å²) in [6.07, 6.45) is -1.93. The van der Waals surface area contributed by atoms with Crippen LogP contribution in [0.25, 0.3) is 5.57 Å². The Bertz CT molecular complexity index is 1040. The van der Waals surface area contributed by atoms with Crippen molar-refractivity contribution in [1.82, 2.24) is 15.1 Å². The molecule has 1 aromatic heterocycles. The molecule has 29 heavy (non-hydrogen) atoms. The number of hydrogen-bond acceptors (Lipinski definition) is 2. The Labute approximate surface area is 159 Å². The standard InChI is InChI=1S/C18H12F7N3O/c1-28-15(21)13(14(27-28)18(23,24)25)16(29)26-17(22)7-3-2-4-10(17)9-5-6-11(19)12(20)8-9/h2-6,8H,7H2,1H3,(H,26,29). The summed E-state index contributed by atoms with van der Waals surface area (Å²) in [6, 6.07) is 2.44.